The summed E-state index contributed by atoms with van der Waals surface area (Å²) in [5.74, 6) is 0. The maximum Gasteiger partial charge on any atom is 0.279 e. The molecule has 0 bridgehead atoms. The van der Waals surface area contributed by atoms with Gasteiger partial charge in [0.15, 0.2) is 0 Å². The molecule has 1 N–H and O–H groups in total. The van der Waals surface area contributed by atoms with Crippen LogP contribution < -0.4 is 4.72 Å². The van der Waals surface area contributed by atoms with Gasteiger partial charge in [-0.3, -0.25) is 0 Å². The summed E-state index contributed by atoms with van der Waals surface area (Å²) in [5, 5.41) is 0. The average molecular weight is 310 g/mol. The number of nitrogens with zero attached hydrogens (tertiary/aromatic N) is 1. The van der Waals surface area contributed by atoms with Crippen molar-refractivity contribution in [1.29, 1.82) is 0 Å². The topological polar surface area (TPSA) is 49.4 Å². The molecule has 1 heterocycles. The average Bonchev–Trinajstić information content (AvgIpc) is 2.46. The van der Waals surface area contributed by atoms with Crippen molar-refractivity contribution < 1.29 is 8.42 Å². The third-order valence-corrected chi connectivity index (χ3v) is 5.97. The zero-order valence-electron chi connectivity index (χ0n) is 13.0. The molecule has 0 radical (unpaired) electrons. The lowest BCUT2D eigenvalue weighted by Crippen LogP contribution is -2.50. The number of hydrogen-bond donors (Lipinski definition) is 1. The molecule has 2 rings (SSSR count). The van der Waals surface area contributed by atoms with E-state index < -0.39 is 10.2 Å². The smallest absolute Gasteiger partial charge is 0.199 e. The van der Waals surface area contributed by atoms with E-state index in [1.807, 2.05) is 32.0 Å². The summed E-state index contributed by atoms with van der Waals surface area (Å²) in [5.41, 5.74) is 1.25. The summed E-state index contributed by atoms with van der Waals surface area (Å²) in [7, 11) is -3.35. The van der Waals surface area contributed by atoms with Crippen LogP contribution in [0, 0.1) is 0 Å². The van der Waals surface area contributed by atoms with Crippen LogP contribution in [0.5, 0.6) is 0 Å². The van der Waals surface area contributed by atoms with Gasteiger partial charge in [-0.05, 0) is 45.1 Å². The van der Waals surface area contributed by atoms with Gasteiger partial charge >= 0.3 is 0 Å². The SMILES string of the molecule is C[C@@H](CCc1ccccc1)NS(=O)(=O)N1CCCC[C@@H]1C. The van der Waals surface area contributed by atoms with Crippen LogP contribution in [-0.4, -0.2) is 31.4 Å². The van der Waals surface area contributed by atoms with Crippen molar-refractivity contribution in [2.75, 3.05) is 6.54 Å². The molecular formula is C16H26N2O2S. The Labute approximate surface area is 128 Å². The van der Waals surface area contributed by atoms with Gasteiger partial charge in [-0.1, -0.05) is 36.8 Å². The fourth-order valence-electron chi connectivity index (χ4n) is 2.84. The first-order chi connectivity index (χ1) is 9.99. The maximum atomic E-state index is 12.4. The number of nitrogens with one attached hydrogen (secondary N) is 1. The van der Waals surface area contributed by atoms with Crippen molar-refractivity contribution >= 4 is 10.2 Å². The zero-order chi connectivity index (χ0) is 15.3. The monoisotopic (exact) mass is 310 g/mol. The van der Waals surface area contributed by atoms with E-state index in [9.17, 15) is 8.42 Å². The highest BCUT2D eigenvalue weighted by atomic mass is 32.2. The first-order valence-corrected chi connectivity index (χ1v) is 9.26. The highest BCUT2D eigenvalue weighted by Gasteiger charge is 2.30. The summed E-state index contributed by atoms with van der Waals surface area (Å²) in [6, 6.07) is 10.2. The van der Waals surface area contributed by atoms with Crippen LogP contribution in [0.25, 0.3) is 0 Å². The van der Waals surface area contributed by atoms with Gasteiger partial charge in [-0.2, -0.15) is 17.4 Å². The Morgan fingerprint density at radius 1 is 1.29 bits per heavy atom. The van der Waals surface area contributed by atoms with Gasteiger partial charge in [0, 0.05) is 18.6 Å². The minimum absolute atomic E-state index is 0.0515. The molecule has 118 valence electrons. The highest BCUT2D eigenvalue weighted by Crippen LogP contribution is 2.19. The number of rotatable bonds is 6. The molecule has 1 aliphatic rings. The molecule has 1 fully saturated rings. The summed E-state index contributed by atoms with van der Waals surface area (Å²) in [6.07, 6.45) is 4.74. The predicted molar refractivity (Wildman–Crippen MR) is 86.3 cm³/mol. The Hall–Kier alpha value is -0.910. The largest absolute Gasteiger partial charge is 0.279 e. The van der Waals surface area contributed by atoms with Gasteiger partial charge in [0.25, 0.3) is 10.2 Å². The van der Waals surface area contributed by atoms with E-state index in [1.165, 1.54) is 5.56 Å². The molecule has 21 heavy (non-hydrogen) atoms. The number of benzene rings is 1. The van der Waals surface area contributed by atoms with E-state index in [-0.39, 0.29) is 12.1 Å². The second kappa shape index (κ2) is 7.38. The lowest BCUT2D eigenvalue weighted by atomic mass is 10.1. The molecule has 4 nitrogen and oxygen atoms in total. The third-order valence-electron chi connectivity index (χ3n) is 4.11. The predicted octanol–water partition coefficient (Wildman–Crippen LogP) is 2.72. The van der Waals surface area contributed by atoms with E-state index in [0.717, 1.165) is 32.1 Å². The molecule has 1 aromatic rings. The van der Waals surface area contributed by atoms with Crippen LogP contribution in [0.15, 0.2) is 30.3 Å². The molecule has 0 amide bonds. The number of aryl methyl sites for hydroxylation is 1. The van der Waals surface area contributed by atoms with Crippen molar-refractivity contribution in [3.8, 4) is 0 Å². The molecule has 0 unspecified atom stereocenters. The number of hydrogen-bond acceptors (Lipinski definition) is 2. The molecular weight excluding hydrogens is 284 g/mol. The molecule has 0 aromatic heterocycles. The van der Waals surface area contributed by atoms with E-state index in [4.69, 9.17) is 0 Å². The van der Waals surface area contributed by atoms with Crippen molar-refractivity contribution in [2.24, 2.45) is 0 Å². The van der Waals surface area contributed by atoms with E-state index in [1.54, 1.807) is 4.31 Å². The van der Waals surface area contributed by atoms with Crippen LogP contribution in [0.1, 0.15) is 45.1 Å². The molecule has 0 spiro atoms. The van der Waals surface area contributed by atoms with Crippen molar-refractivity contribution in [3.63, 3.8) is 0 Å². The molecule has 2 atom stereocenters. The second-order valence-corrected chi connectivity index (χ2v) is 7.66. The Morgan fingerprint density at radius 2 is 2.00 bits per heavy atom. The van der Waals surface area contributed by atoms with Gasteiger partial charge in [-0.15, -0.1) is 0 Å². The molecule has 5 heteroatoms. The fourth-order valence-corrected chi connectivity index (χ4v) is 4.55. The summed E-state index contributed by atoms with van der Waals surface area (Å²) in [4.78, 5) is 0. The third kappa shape index (κ3) is 4.80. The molecule has 1 saturated heterocycles. The Kier molecular flexibility index (Phi) is 5.79. The first kappa shape index (κ1) is 16.5. The van der Waals surface area contributed by atoms with E-state index >= 15 is 0 Å². The molecule has 1 aliphatic heterocycles. The first-order valence-electron chi connectivity index (χ1n) is 7.82. The van der Waals surface area contributed by atoms with Gasteiger partial charge < -0.3 is 0 Å². The Balaban J connectivity index is 1.87. The van der Waals surface area contributed by atoms with Gasteiger partial charge in [0.1, 0.15) is 0 Å². The summed E-state index contributed by atoms with van der Waals surface area (Å²) in [6.45, 7) is 4.57. The molecule has 1 aromatic carbocycles. The minimum Gasteiger partial charge on any atom is -0.199 e. The lowest BCUT2D eigenvalue weighted by Gasteiger charge is -2.33. The Bertz CT molecular complexity index is 530. The Morgan fingerprint density at radius 3 is 2.67 bits per heavy atom. The van der Waals surface area contributed by atoms with Crippen molar-refractivity contribution in [1.82, 2.24) is 9.03 Å². The van der Waals surface area contributed by atoms with E-state index in [2.05, 4.69) is 16.9 Å². The molecule has 0 saturated carbocycles. The van der Waals surface area contributed by atoms with Gasteiger partial charge in [0.2, 0.25) is 0 Å². The van der Waals surface area contributed by atoms with Crippen molar-refractivity contribution in [2.45, 2.75) is 58.0 Å². The summed E-state index contributed by atoms with van der Waals surface area (Å²) >= 11 is 0. The normalized spacial score (nSPS) is 22.1. The number of piperidine rings is 1. The van der Waals surface area contributed by atoms with E-state index in [0.29, 0.717) is 6.54 Å². The standard InChI is InChI=1S/C16H26N2O2S/c1-14(11-12-16-9-4-3-5-10-16)17-21(19,20)18-13-7-6-8-15(18)2/h3-5,9-10,14-15,17H,6-8,11-13H2,1-2H3/t14-,15-/m0/s1. The second-order valence-electron chi connectivity index (χ2n) is 6.00. The van der Waals surface area contributed by atoms with Crippen LogP contribution in [0.3, 0.4) is 0 Å². The minimum atomic E-state index is -3.35. The van der Waals surface area contributed by atoms with Crippen LogP contribution in [0.4, 0.5) is 0 Å². The van der Waals surface area contributed by atoms with Crippen molar-refractivity contribution in [3.05, 3.63) is 35.9 Å². The van der Waals surface area contributed by atoms with Crippen LogP contribution >= 0.6 is 0 Å². The highest BCUT2D eigenvalue weighted by molar-refractivity contribution is 7.87. The van der Waals surface area contributed by atoms with Gasteiger partial charge in [-0.25, -0.2) is 0 Å². The van der Waals surface area contributed by atoms with Gasteiger partial charge in [0.05, 0.1) is 0 Å². The fraction of sp³-hybridized carbons (Fsp3) is 0.625. The summed E-state index contributed by atoms with van der Waals surface area (Å²) < 4.78 is 29.3. The van der Waals surface area contributed by atoms with Crippen LogP contribution in [0.2, 0.25) is 0 Å². The van der Waals surface area contributed by atoms with Crippen LogP contribution in [-0.2, 0) is 16.6 Å². The quantitative estimate of drug-likeness (QED) is 0.878. The maximum absolute atomic E-state index is 12.4. The molecule has 0 aliphatic carbocycles. The zero-order valence-corrected chi connectivity index (χ0v) is 13.8. The lowest BCUT2D eigenvalue weighted by molar-refractivity contribution is 0.263.